The minimum Gasteiger partial charge on any atom is -0.340 e. The molecule has 4 rings (SSSR count). The minimum absolute atomic E-state index is 0.0463. The maximum Gasteiger partial charge on any atom is 0.274 e. The molecule has 3 aromatic heterocycles. The molecular formula is C21H24N6OS. The van der Waals surface area contributed by atoms with Crippen LogP contribution in [0, 0.1) is 0 Å². The number of hydrogen-bond donors (Lipinski definition) is 1. The Bertz CT molecular complexity index is 1100. The Labute approximate surface area is 173 Å². The van der Waals surface area contributed by atoms with Crippen molar-refractivity contribution in [3.05, 3.63) is 76.8 Å². The predicted molar refractivity (Wildman–Crippen MR) is 114 cm³/mol. The number of imidazole rings is 1. The van der Waals surface area contributed by atoms with Gasteiger partial charge in [0.2, 0.25) is 0 Å². The standard InChI is InChI=1S/C21H24N6OS/c1-25(9-8-16-6-4-3-5-7-16)20(28)19-18(27-10-11-29-21(27)24-19)14-22-12-17-13-23-26(2)15-17/h3-7,10-11,13,15,22H,8-9,12,14H2,1-2H3. The Balaban J connectivity index is 1.46. The highest BCUT2D eigenvalue weighted by Gasteiger charge is 2.22. The van der Waals surface area contributed by atoms with E-state index in [1.807, 2.05) is 60.7 Å². The van der Waals surface area contributed by atoms with E-state index in [1.54, 1.807) is 9.58 Å². The molecule has 3 heterocycles. The van der Waals surface area contributed by atoms with Crippen LogP contribution in [0.5, 0.6) is 0 Å². The molecule has 0 aliphatic heterocycles. The highest BCUT2D eigenvalue weighted by molar-refractivity contribution is 7.15. The lowest BCUT2D eigenvalue weighted by Gasteiger charge is -2.17. The monoisotopic (exact) mass is 408 g/mol. The highest BCUT2D eigenvalue weighted by Crippen LogP contribution is 2.19. The number of nitrogens with one attached hydrogen (secondary N) is 1. The molecule has 150 valence electrons. The quantitative estimate of drug-likeness (QED) is 0.487. The first-order chi connectivity index (χ1) is 14.1. The topological polar surface area (TPSA) is 67.5 Å². The lowest BCUT2D eigenvalue weighted by atomic mass is 10.1. The van der Waals surface area contributed by atoms with Crippen molar-refractivity contribution in [3.63, 3.8) is 0 Å². The van der Waals surface area contributed by atoms with Gasteiger partial charge in [-0.1, -0.05) is 30.3 Å². The number of hydrogen-bond acceptors (Lipinski definition) is 5. The fraction of sp³-hybridized carbons (Fsp3) is 0.286. The zero-order chi connectivity index (χ0) is 20.2. The number of aryl methyl sites for hydroxylation is 1. The fourth-order valence-corrected chi connectivity index (χ4v) is 4.02. The van der Waals surface area contributed by atoms with Gasteiger partial charge in [0.05, 0.1) is 11.9 Å². The molecular weight excluding hydrogens is 384 g/mol. The van der Waals surface area contributed by atoms with Gasteiger partial charge in [-0.15, -0.1) is 11.3 Å². The van der Waals surface area contributed by atoms with Crippen molar-refractivity contribution in [2.45, 2.75) is 19.5 Å². The molecule has 7 nitrogen and oxygen atoms in total. The Morgan fingerprint density at radius 3 is 2.79 bits per heavy atom. The summed E-state index contributed by atoms with van der Waals surface area (Å²) in [7, 11) is 3.74. The summed E-state index contributed by atoms with van der Waals surface area (Å²) in [5, 5.41) is 9.59. The van der Waals surface area contributed by atoms with Crippen LogP contribution in [-0.4, -0.2) is 43.6 Å². The highest BCUT2D eigenvalue weighted by atomic mass is 32.1. The smallest absolute Gasteiger partial charge is 0.274 e. The molecule has 29 heavy (non-hydrogen) atoms. The van der Waals surface area contributed by atoms with Crippen LogP contribution in [0.1, 0.15) is 27.3 Å². The maximum absolute atomic E-state index is 13.1. The molecule has 0 spiro atoms. The third kappa shape index (κ3) is 4.38. The van der Waals surface area contributed by atoms with Crippen LogP contribution in [0.25, 0.3) is 4.96 Å². The van der Waals surface area contributed by atoms with Crippen molar-refractivity contribution >= 4 is 22.2 Å². The van der Waals surface area contributed by atoms with Crippen molar-refractivity contribution < 1.29 is 4.79 Å². The second-order valence-electron chi connectivity index (χ2n) is 7.05. The van der Waals surface area contributed by atoms with Crippen LogP contribution in [0.4, 0.5) is 0 Å². The van der Waals surface area contributed by atoms with E-state index in [1.165, 1.54) is 16.9 Å². The Morgan fingerprint density at radius 1 is 1.21 bits per heavy atom. The number of rotatable bonds is 8. The van der Waals surface area contributed by atoms with Crippen LogP contribution in [0.2, 0.25) is 0 Å². The average Bonchev–Trinajstić information content (AvgIpc) is 3.43. The summed E-state index contributed by atoms with van der Waals surface area (Å²) in [6.45, 7) is 1.89. The first-order valence-electron chi connectivity index (χ1n) is 9.54. The van der Waals surface area contributed by atoms with Gasteiger partial charge in [-0.25, -0.2) is 4.98 Å². The number of likely N-dealkylation sites (N-methyl/N-ethyl adjacent to an activating group) is 1. The van der Waals surface area contributed by atoms with Gasteiger partial charge in [-0.3, -0.25) is 13.9 Å². The molecule has 0 bridgehead atoms. The van der Waals surface area contributed by atoms with Gasteiger partial charge in [0.1, 0.15) is 0 Å². The van der Waals surface area contributed by atoms with Crippen molar-refractivity contribution in [1.29, 1.82) is 0 Å². The van der Waals surface area contributed by atoms with Crippen LogP contribution in [0.3, 0.4) is 0 Å². The largest absolute Gasteiger partial charge is 0.340 e. The van der Waals surface area contributed by atoms with Crippen molar-refractivity contribution in [1.82, 2.24) is 29.4 Å². The number of amides is 1. The number of thiazole rings is 1. The van der Waals surface area contributed by atoms with E-state index in [0.29, 0.717) is 25.3 Å². The Kier molecular flexibility index (Phi) is 5.73. The molecule has 1 amide bonds. The molecule has 0 radical (unpaired) electrons. The van der Waals surface area contributed by atoms with E-state index in [-0.39, 0.29) is 5.91 Å². The molecule has 0 atom stereocenters. The van der Waals surface area contributed by atoms with E-state index in [9.17, 15) is 4.79 Å². The number of carbonyl (C=O) groups excluding carboxylic acids is 1. The van der Waals surface area contributed by atoms with Gasteiger partial charge in [0.25, 0.3) is 5.91 Å². The van der Waals surface area contributed by atoms with Gasteiger partial charge in [-0.05, 0) is 12.0 Å². The molecule has 0 saturated carbocycles. The normalized spacial score (nSPS) is 11.2. The number of nitrogens with zero attached hydrogens (tertiary/aromatic N) is 5. The van der Waals surface area contributed by atoms with E-state index >= 15 is 0 Å². The summed E-state index contributed by atoms with van der Waals surface area (Å²) >= 11 is 1.53. The van der Waals surface area contributed by atoms with Gasteiger partial charge < -0.3 is 10.2 Å². The number of benzene rings is 1. The molecule has 1 aromatic carbocycles. The van der Waals surface area contributed by atoms with Crippen LogP contribution in [-0.2, 0) is 26.6 Å². The second-order valence-corrected chi connectivity index (χ2v) is 7.92. The summed E-state index contributed by atoms with van der Waals surface area (Å²) < 4.78 is 3.78. The van der Waals surface area contributed by atoms with Gasteiger partial charge >= 0.3 is 0 Å². The number of carbonyl (C=O) groups is 1. The fourth-order valence-electron chi connectivity index (χ4n) is 3.28. The third-order valence-electron chi connectivity index (χ3n) is 4.87. The first-order valence-corrected chi connectivity index (χ1v) is 10.4. The number of fused-ring (bicyclic) bond motifs is 1. The van der Waals surface area contributed by atoms with Crippen LogP contribution >= 0.6 is 11.3 Å². The summed E-state index contributed by atoms with van der Waals surface area (Å²) in [5.41, 5.74) is 3.73. The molecule has 4 aromatic rings. The lowest BCUT2D eigenvalue weighted by molar-refractivity contribution is 0.0790. The zero-order valence-electron chi connectivity index (χ0n) is 16.6. The second kappa shape index (κ2) is 8.59. The molecule has 0 fully saturated rings. The average molecular weight is 409 g/mol. The zero-order valence-corrected chi connectivity index (χ0v) is 17.4. The van der Waals surface area contributed by atoms with Crippen molar-refractivity contribution in [2.75, 3.05) is 13.6 Å². The maximum atomic E-state index is 13.1. The van der Waals surface area contributed by atoms with Crippen molar-refractivity contribution in [2.24, 2.45) is 7.05 Å². The summed E-state index contributed by atoms with van der Waals surface area (Å²) in [5.74, 6) is -0.0463. The summed E-state index contributed by atoms with van der Waals surface area (Å²) in [6.07, 6.45) is 6.61. The van der Waals surface area contributed by atoms with Gasteiger partial charge in [0, 0.05) is 57.1 Å². The summed E-state index contributed by atoms with van der Waals surface area (Å²) in [6, 6.07) is 10.2. The number of aromatic nitrogens is 4. The molecule has 0 unspecified atom stereocenters. The SMILES string of the molecule is CN(CCc1ccccc1)C(=O)c1nc2sccn2c1CNCc1cnn(C)c1. The van der Waals surface area contributed by atoms with Crippen molar-refractivity contribution in [3.8, 4) is 0 Å². The minimum atomic E-state index is -0.0463. The summed E-state index contributed by atoms with van der Waals surface area (Å²) in [4.78, 5) is 20.3. The molecule has 0 saturated heterocycles. The van der Waals surface area contributed by atoms with Gasteiger partial charge in [-0.2, -0.15) is 5.10 Å². The van der Waals surface area contributed by atoms with Gasteiger partial charge in [0.15, 0.2) is 10.7 Å². The molecule has 8 heteroatoms. The van der Waals surface area contributed by atoms with E-state index in [0.717, 1.165) is 22.6 Å². The first kappa shape index (κ1) is 19.4. The Morgan fingerprint density at radius 2 is 2.03 bits per heavy atom. The van der Waals surface area contributed by atoms with E-state index < -0.39 is 0 Å². The molecule has 0 aliphatic carbocycles. The third-order valence-corrected chi connectivity index (χ3v) is 5.63. The lowest BCUT2D eigenvalue weighted by Crippen LogP contribution is -2.30. The van der Waals surface area contributed by atoms with Crippen LogP contribution in [0.15, 0.2) is 54.3 Å². The van der Waals surface area contributed by atoms with E-state index in [4.69, 9.17) is 0 Å². The van der Waals surface area contributed by atoms with E-state index in [2.05, 4.69) is 27.5 Å². The van der Waals surface area contributed by atoms with Crippen LogP contribution < -0.4 is 5.32 Å². The molecule has 0 aliphatic rings. The Hall–Kier alpha value is -2.97. The molecule has 1 N–H and O–H groups in total. The predicted octanol–water partition coefficient (Wildman–Crippen LogP) is 2.73.